The molecule has 8 atom stereocenters. The number of halogens is 1. The number of allylic oxidation sites excluding steroid dienone is 1. The second-order valence-electron chi connectivity index (χ2n) is 11.7. The zero-order valence-electron chi connectivity index (χ0n) is 19.6. The van der Waals surface area contributed by atoms with E-state index >= 15 is 0 Å². The predicted octanol–water partition coefficient (Wildman–Crippen LogP) is 7.44. The molecule has 4 fully saturated rings. The minimum Gasteiger partial charge on any atom is -0.365 e. The average molecular weight is 554 g/mol. The van der Waals surface area contributed by atoms with Crippen LogP contribution in [0.15, 0.2) is 23.3 Å². The highest BCUT2D eigenvalue weighted by Gasteiger charge is 2.62. The Morgan fingerprint density at radius 1 is 1.13 bits per heavy atom. The van der Waals surface area contributed by atoms with Crippen LogP contribution < -0.4 is 0 Å². The van der Waals surface area contributed by atoms with Crippen molar-refractivity contribution in [3.05, 3.63) is 23.3 Å². The molecule has 1 aliphatic heterocycles. The first kappa shape index (κ1) is 22.8. The van der Waals surface area contributed by atoms with E-state index in [-0.39, 0.29) is 5.41 Å². The van der Waals surface area contributed by atoms with Crippen LogP contribution in [0.3, 0.4) is 0 Å². The Balaban J connectivity index is 1.40. The van der Waals surface area contributed by atoms with Crippen LogP contribution in [0.25, 0.3) is 0 Å². The highest BCUT2D eigenvalue weighted by Crippen LogP contribution is 2.68. The summed E-state index contributed by atoms with van der Waals surface area (Å²) in [5.74, 6) is 4.22. The van der Waals surface area contributed by atoms with Crippen LogP contribution >= 0.6 is 34.4 Å². The second-order valence-corrected chi connectivity index (χ2v) is 13.6. The van der Waals surface area contributed by atoms with E-state index in [0.29, 0.717) is 17.1 Å². The molecule has 0 saturated heterocycles. The maximum Gasteiger partial charge on any atom is 0.133 e. The number of carbonyl (C=O) groups is 1. The summed E-state index contributed by atoms with van der Waals surface area (Å²) in [6, 6.07) is 0. The van der Waals surface area contributed by atoms with E-state index in [0.717, 1.165) is 46.4 Å². The third kappa shape index (κ3) is 3.68. The van der Waals surface area contributed by atoms with Crippen LogP contribution in [0.2, 0.25) is 0 Å². The largest absolute Gasteiger partial charge is 0.365 e. The molecule has 1 heterocycles. The lowest BCUT2D eigenvalue weighted by Crippen LogP contribution is -2.57. The summed E-state index contributed by atoms with van der Waals surface area (Å²) in [4.78, 5) is 16.3. The minimum atomic E-state index is 0.283. The standard InChI is InChI=1S/C27H40INOS/c1-18(30)22-9-10-23-21-8-7-19-5-4-6-25(31-20-12-15-29(17-28)16-13-20)27(19,3)24(21)11-14-26(22,23)2/h12-13,15,19,21-25H,4-11,14,16-17H2,1-3H3/t19-,21+,22-,23+,24+,25?,26-,27+/m1/s1. The van der Waals surface area contributed by atoms with Gasteiger partial charge in [0.1, 0.15) is 5.78 Å². The van der Waals surface area contributed by atoms with E-state index in [9.17, 15) is 4.79 Å². The van der Waals surface area contributed by atoms with Crippen LogP contribution in [0, 0.1) is 40.4 Å². The molecule has 4 saturated carbocycles. The number of fused-ring (bicyclic) bond motifs is 5. The molecule has 0 radical (unpaired) electrons. The van der Waals surface area contributed by atoms with Crippen LogP contribution in [-0.4, -0.2) is 27.0 Å². The topological polar surface area (TPSA) is 20.3 Å². The molecule has 4 aliphatic carbocycles. The van der Waals surface area contributed by atoms with E-state index in [4.69, 9.17) is 0 Å². The van der Waals surface area contributed by atoms with Crippen LogP contribution in [-0.2, 0) is 4.79 Å². The van der Waals surface area contributed by atoms with Crippen molar-refractivity contribution in [3.63, 3.8) is 0 Å². The fourth-order valence-corrected chi connectivity index (χ4v) is 11.0. The molecule has 1 unspecified atom stereocenters. The highest BCUT2D eigenvalue weighted by molar-refractivity contribution is 14.1. The van der Waals surface area contributed by atoms with Crippen molar-refractivity contribution in [1.29, 1.82) is 0 Å². The zero-order valence-corrected chi connectivity index (χ0v) is 22.6. The van der Waals surface area contributed by atoms with Crippen molar-refractivity contribution in [3.8, 4) is 0 Å². The Labute approximate surface area is 207 Å². The van der Waals surface area contributed by atoms with Gasteiger partial charge in [-0.2, -0.15) is 0 Å². The minimum absolute atomic E-state index is 0.283. The number of nitrogens with zero attached hydrogens (tertiary/aromatic N) is 1. The Morgan fingerprint density at radius 2 is 1.97 bits per heavy atom. The van der Waals surface area contributed by atoms with Crippen LogP contribution in [0.4, 0.5) is 0 Å². The first-order valence-electron chi connectivity index (χ1n) is 12.7. The van der Waals surface area contributed by atoms with E-state index in [1.807, 2.05) is 6.92 Å². The number of Topliss-reactive ketones (excluding diaryl/α,β-unsaturated/α-hetero) is 1. The van der Waals surface area contributed by atoms with E-state index < -0.39 is 0 Å². The number of thioether (sulfide) groups is 1. The fourth-order valence-electron chi connectivity index (χ4n) is 9.00. The fraction of sp³-hybridized carbons (Fsp3) is 0.815. The summed E-state index contributed by atoms with van der Waals surface area (Å²) in [5, 5.41) is 0.760. The quantitative estimate of drug-likeness (QED) is 0.205. The average Bonchev–Trinajstić information content (AvgIpc) is 3.12. The molecule has 0 aromatic rings. The van der Waals surface area contributed by atoms with Crippen molar-refractivity contribution in [2.24, 2.45) is 40.4 Å². The van der Waals surface area contributed by atoms with Gasteiger partial charge in [0.15, 0.2) is 0 Å². The summed E-state index contributed by atoms with van der Waals surface area (Å²) in [5.41, 5.74) is 0.752. The molecule has 0 N–H and O–H groups in total. The van der Waals surface area contributed by atoms with E-state index in [2.05, 4.69) is 71.5 Å². The molecule has 5 aliphatic rings. The van der Waals surface area contributed by atoms with Gasteiger partial charge in [-0.25, -0.2) is 0 Å². The predicted molar refractivity (Wildman–Crippen MR) is 140 cm³/mol. The lowest BCUT2D eigenvalue weighted by Gasteiger charge is -2.62. The van der Waals surface area contributed by atoms with E-state index in [1.165, 1.54) is 56.3 Å². The molecule has 31 heavy (non-hydrogen) atoms. The molecule has 0 spiro atoms. The summed E-state index contributed by atoms with van der Waals surface area (Å²) in [6.45, 7) is 8.12. The van der Waals surface area contributed by atoms with Crippen molar-refractivity contribution in [1.82, 2.24) is 4.90 Å². The SMILES string of the molecule is CC(=O)[C@H]1CC[C@H]2[C@@H]3CC[C@H]4CCCC(SC5=CCN(CI)C=C5)[C@]4(C)[C@H]3CC[C@]12C. The number of ketones is 1. The van der Waals surface area contributed by atoms with Gasteiger partial charge in [0.05, 0.1) is 4.55 Å². The Morgan fingerprint density at radius 3 is 2.68 bits per heavy atom. The third-order valence-corrected chi connectivity index (χ3v) is 13.1. The van der Waals surface area contributed by atoms with Gasteiger partial charge in [-0.15, -0.1) is 11.8 Å². The molecule has 5 rings (SSSR count). The molecule has 0 aromatic heterocycles. The van der Waals surface area contributed by atoms with Gasteiger partial charge in [0.25, 0.3) is 0 Å². The monoisotopic (exact) mass is 553 g/mol. The number of rotatable bonds is 4. The van der Waals surface area contributed by atoms with Gasteiger partial charge in [0.2, 0.25) is 0 Å². The molecule has 0 aromatic carbocycles. The molecule has 172 valence electrons. The first-order valence-corrected chi connectivity index (χ1v) is 15.1. The summed E-state index contributed by atoms with van der Waals surface area (Å²) < 4.78 is 1.07. The lowest BCUT2D eigenvalue weighted by molar-refractivity contribution is -0.132. The van der Waals surface area contributed by atoms with Crippen molar-refractivity contribution < 1.29 is 4.79 Å². The number of alkyl halides is 1. The maximum atomic E-state index is 12.5. The van der Waals surface area contributed by atoms with Gasteiger partial charge in [-0.05, 0) is 98.9 Å². The molecule has 2 nitrogen and oxygen atoms in total. The van der Waals surface area contributed by atoms with Crippen LogP contribution in [0.5, 0.6) is 0 Å². The summed E-state index contributed by atoms with van der Waals surface area (Å²) >= 11 is 4.67. The van der Waals surface area contributed by atoms with Crippen LogP contribution in [0.1, 0.15) is 78.6 Å². The van der Waals surface area contributed by atoms with E-state index in [1.54, 1.807) is 0 Å². The highest BCUT2D eigenvalue weighted by atomic mass is 127. The van der Waals surface area contributed by atoms with Crippen molar-refractivity contribution >= 4 is 40.1 Å². The lowest BCUT2D eigenvalue weighted by atomic mass is 9.44. The third-order valence-electron chi connectivity index (χ3n) is 10.6. The number of hydrogen-bond donors (Lipinski definition) is 0. The maximum absolute atomic E-state index is 12.5. The van der Waals surface area contributed by atoms with Gasteiger partial charge in [0, 0.05) is 28.8 Å². The Hall–Kier alpha value is 0.0300. The van der Waals surface area contributed by atoms with Gasteiger partial charge >= 0.3 is 0 Å². The Kier molecular flexibility index (Phi) is 6.38. The smallest absolute Gasteiger partial charge is 0.133 e. The molecular weight excluding hydrogens is 513 g/mol. The normalized spacial score (nSPS) is 46.7. The molecular formula is C27H40INOS. The van der Waals surface area contributed by atoms with Gasteiger partial charge in [-0.3, -0.25) is 4.79 Å². The summed E-state index contributed by atoms with van der Waals surface area (Å²) in [7, 11) is 0. The van der Waals surface area contributed by atoms with Crippen molar-refractivity contribution in [2.45, 2.75) is 83.8 Å². The second kappa shape index (κ2) is 8.67. The summed E-state index contributed by atoms with van der Waals surface area (Å²) in [6.07, 6.45) is 19.4. The first-order chi connectivity index (χ1) is 14.9. The van der Waals surface area contributed by atoms with Gasteiger partial charge in [-0.1, -0.05) is 48.9 Å². The zero-order chi connectivity index (χ0) is 21.8. The number of carbonyl (C=O) groups excluding carboxylic acids is 1. The van der Waals surface area contributed by atoms with Gasteiger partial charge < -0.3 is 4.90 Å². The number of hydrogen-bond acceptors (Lipinski definition) is 3. The molecule has 0 bridgehead atoms. The Bertz CT molecular complexity index is 779. The molecule has 4 heteroatoms. The van der Waals surface area contributed by atoms with Crippen molar-refractivity contribution in [2.75, 3.05) is 11.1 Å². The molecule has 0 amide bonds.